The van der Waals surface area contributed by atoms with E-state index in [9.17, 15) is 10.2 Å². The minimum atomic E-state index is 0.502. The number of aryl methyl sites for hydroxylation is 2. The van der Waals surface area contributed by atoms with Crippen molar-refractivity contribution in [1.29, 1.82) is 0 Å². The lowest BCUT2D eigenvalue weighted by Gasteiger charge is -2.27. The van der Waals surface area contributed by atoms with Crippen LogP contribution in [-0.2, 0) is 6.42 Å². The maximum Gasteiger partial charge on any atom is 0.122 e. The van der Waals surface area contributed by atoms with Gasteiger partial charge in [0, 0.05) is 0 Å². The van der Waals surface area contributed by atoms with E-state index in [0.717, 1.165) is 28.7 Å². The number of phenolic OH excluding ortho intramolecular Hbond substituents is 2. The molecule has 0 bridgehead atoms. The van der Waals surface area contributed by atoms with Crippen LogP contribution in [0, 0.1) is 27.7 Å². The van der Waals surface area contributed by atoms with E-state index in [0.29, 0.717) is 23.3 Å². The minimum Gasteiger partial charge on any atom is -0.507 e. The highest BCUT2D eigenvalue weighted by Crippen LogP contribution is 2.43. The standard InChI is InChI=1S/C29H40O2/c1-18-15-26(22-11-7-5-8-12-22)28(30)20(3)24(18)17-25-19(2)16-27(29(31)21(25)4)23-13-9-6-10-14-23/h15-16,22-23,30-31H,5-14,17H2,1-4H3. The first-order chi connectivity index (χ1) is 14.9. The number of aromatic hydroxyl groups is 2. The Balaban J connectivity index is 1.67. The van der Waals surface area contributed by atoms with E-state index in [4.69, 9.17) is 0 Å². The van der Waals surface area contributed by atoms with E-state index in [-0.39, 0.29) is 0 Å². The predicted octanol–water partition coefficient (Wildman–Crippen LogP) is 8.02. The molecule has 168 valence electrons. The van der Waals surface area contributed by atoms with Gasteiger partial charge in [0.1, 0.15) is 11.5 Å². The van der Waals surface area contributed by atoms with E-state index in [1.54, 1.807) is 0 Å². The van der Waals surface area contributed by atoms with Crippen molar-refractivity contribution in [2.24, 2.45) is 0 Å². The van der Waals surface area contributed by atoms with Gasteiger partial charge in [0.15, 0.2) is 0 Å². The van der Waals surface area contributed by atoms with Gasteiger partial charge in [0.25, 0.3) is 0 Å². The maximum absolute atomic E-state index is 11.1. The fraction of sp³-hybridized carbons (Fsp3) is 0.586. The van der Waals surface area contributed by atoms with Gasteiger partial charge >= 0.3 is 0 Å². The molecule has 2 heteroatoms. The van der Waals surface area contributed by atoms with Crippen LogP contribution >= 0.6 is 0 Å². The summed E-state index contributed by atoms with van der Waals surface area (Å²) >= 11 is 0. The summed E-state index contributed by atoms with van der Waals surface area (Å²) < 4.78 is 0. The Morgan fingerprint density at radius 3 is 1.32 bits per heavy atom. The monoisotopic (exact) mass is 420 g/mol. The van der Waals surface area contributed by atoms with E-state index in [1.165, 1.54) is 86.5 Å². The maximum atomic E-state index is 11.1. The SMILES string of the molecule is Cc1cc(C2CCCCC2)c(O)c(C)c1Cc1c(C)cc(C2CCCCC2)c(O)c1C. The first-order valence-electron chi connectivity index (χ1n) is 12.5. The lowest BCUT2D eigenvalue weighted by molar-refractivity contribution is 0.411. The molecule has 0 amide bonds. The summed E-state index contributed by atoms with van der Waals surface area (Å²) in [6.45, 7) is 8.53. The molecule has 0 atom stereocenters. The third-order valence-electron chi connectivity index (χ3n) is 8.30. The number of hydrogen-bond donors (Lipinski definition) is 2. The molecule has 2 aromatic carbocycles. The Morgan fingerprint density at radius 1 is 0.613 bits per heavy atom. The van der Waals surface area contributed by atoms with Crippen LogP contribution < -0.4 is 0 Å². The van der Waals surface area contributed by atoms with Crippen molar-refractivity contribution in [3.63, 3.8) is 0 Å². The molecule has 2 saturated carbocycles. The second kappa shape index (κ2) is 9.27. The van der Waals surface area contributed by atoms with Crippen molar-refractivity contribution < 1.29 is 10.2 Å². The van der Waals surface area contributed by atoms with E-state index in [2.05, 4.69) is 39.8 Å². The Morgan fingerprint density at radius 2 is 0.968 bits per heavy atom. The van der Waals surface area contributed by atoms with Crippen LogP contribution in [0.25, 0.3) is 0 Å². The Bertz CT molecular complexity index is 867. The topological polar surface area (TPSA) is 40.5 Å². The van der Waals surface area contributed by atoms with Crippen molar-refractivity contribution in [2.75, 3.05) is 0 Å². The van der Waals surface area contributed by atoms with Crippen LogP contribution in [0.5, 0.6) is 11.5 Å². The fourth-order valence-corrected chi connectivity index (χ4v) is 6.26. The van der Waals surface area contributed by atoms with Gasteiger partial charge in [-0.05, 0) is 116 Å². The van der Waals surface area contributed by atoms with Crippen molar-refractivity contribution in [1.82, 2.24) is 0 Å². The fourth-order valence-electron chi connectivity index (χ4n) is 6.26. The van der Waals surface area contributed by atoms with Crippen LogP contribution in [0.3, 0.4) is 0 Å². The van der Waals surface area contributed by atoms with Crippen LogP contribution in [0.4, 0.5) is 0 Å². The summed E-state index contributed by atoms with van der Waals surface area (Å²) in [5.41, 5.74) is 9.33. The predicted molar refractivity (Wildman–Crippen MR) is 130 cm³/mol. The first-order valence-corrected chi connectivity index (χ1v) is 12.5. The highest BCUT2D eigenvalue weighted by Gasteiger charge is 2.25. The van der Waals surface area contributed by atoms with Crippen LogP contribution in [0.15, 0.2) is 12.1 Å². The molecule has 2 aliphatic carbocycles. The van der Waals surface area contributed by atoms with Gasteiger partial charge in [-0.2, -0.15) is 0 Å². The van der Waals surface area contributed by atoms with Crippen molar-refractivity contribution in [3.05, 3.63) is 56.6 Å². The number of rotatable bonds is 4. The van der Waals surface area contributed by atoms with Gasteiger partial charge < -0.3 is 10.2 Å². The summed E-state index contributed by atoms with van der Waals surface area (Å²) in [5.74, 6) is 2.02. The molecular weight excluding hydrogens is 380 g/mol. The third kappa shape index (κ3) is 4.36. The molecule has 2 aliphatic rings. The highest BCUT2D eigenvalue weighted by molar-refractivity contribution is 5.56. The van der Waals surface area contributed by atoms with Crippen molar-refractivity contribution in [2.45, 2.75) is 110 Å². The minimum absolute atomic E-state index is 0.502. The van der Waals surface area contributed by atoms with E-state index in [1.807, 2.05) is 0 Å². The summed E-state index contributed by atoms with van der Waals surface area (Å²) in [4.78, 5) is 0. The van der Waals surface area contributed by atoms with Crippen LogP contribution in [0.2, 0.25) is 0 Å². The highest BCUT2D eigenvalue weighted by atomic mass is 16.3. The molecule has 0 radical (unpaired) electrons. The second-order valence-corrected chi connectivity index (χ2v) is 10.3. The van der Waals surface area contributed by atoms with Gasteiger partial charge in [-0.3, -0.25) is 0 Å². The molecule has 0 unspecified atom stereocenters. The molecule has 0 spiro atoms. The molecule has 0 aliphatic heterocycles. The number of hydrogen-bond acceptors (Lipinski definition) is 2. The van der Waals surface area contributed by atoms with Gasteiger partial charge in [-0.1, -0.05) is 50.7 Å². The van der Waals surface area contributed by atoms with Gasteiger partial charge in [0.2, 0.25) is 0 Å². The normalized spacial score (nSPS) is 18.5. The zero-order valence-electron chi connectivity index (χ0n) is 20.0. The molecule has 0 heterocycles. The molecule has 0 saturated heterocycles. The van der Waals surface area contributed by atoms with Gasteiger partial charge in [0.05, 0.1) is 0 Å². The van der Waals surface area contributed by atoms with Gasteiger partial charge in [-0.25, -0.2) is 0 Å². The smallest absolute Gasteiger partial charge is 0.122 e. The molecular formula is C29H40O2. The van der Waals surface area contributed by atoms with Crippen LogP contribution in [-0.4, -0.2) is 10.2 Å². The number of benzene rings is 2. The van der Waals surface area contributed by atoms with Crippen LogP contribution in [0.1, 0.15) is 121 Å². The average molecular weight is 421 g/mol. The summed E-state index contributed by atoms with van der Waals surface area (Å²) in [5, 5.41) is 22.2. The lowest BCUT2D eigenvalue weighted by atomic mass is 9.79. The molecule has 2 aromatic rings. The molecule has 0 aromatic heterocycles. The molecule has 2 N–H and O–H groups in total. The summed E-state index contributed by atoms with van der Waals surface area (Å²) in [7, 11) is 0. The summed E-state index contributed by atoms with van der Waals surface area (Å²) in [6.07, 6.45) is 13.3. The van der Waals surface area contributed by atoms with Crippen molar-refractivity contribution in [3.8, 4) is 11.5 Å². The average Bonchev–Trinajstić information content (AvgIpc) is 2.79. The Kier molecular flexibility index (Phi) is 6.65. The largest absolute Gasteiger partial charge is 0.507 e. The van der Waals surface area contributed by atoms with E-state index < -0.39 is 0 Å². The number of phenols is 2. The zero-order chi connectivity index (χ0) is 22.1. The molecule has 2 nitrogen and oxygen atoms in total. The summed E-state index contributed by atoms with van der Waals surface area (Å²) in [6, 6.07) is 4.49. The third-order valence-corrected chi connectivity index (χ3v) is 8.30. The Labute approximate surface area is 188 Å². The first kappa shape index (κ1) is 22.2. The molecule has 4 rings (SSSR count). The quantitative estimate of drug-likeness (QED) is 0.526. The van der Waals surface area contributed by atoms with Gasteiger partial charge in [-0.15, -0.1) is 0 Å². The van der Waals surface area contributed by atoms with Crippen molar-refractivity contribution >= 4 is 0 Å². The lowest BCUT2D eigenvalue weighted by Crippen LogP contribution is -2.09. The molecule has 31 heavy (non-hydrogen) atoms. The van der Waals surface area contributed by atoms with E-state index >= 15 is 0 Å². The zero-order valence-corrected chi connectivity index (χ0v) is 20.0. The molecule has 2 fully saturated rings. The Hall–Kier alpha value is -1.96. The second-order valence-electron chi connectivity index (χ2n) is 10.3.